The summed E-state index contributed by atoms with van der Waals surface area (Å²) < 4.78 is 25.1. The van der Waals surface area contributed by atoms with E-state index in [9.17, 15) is 42.7 Å². The van der Waals surface area contributed by atoms with Gasteiger partial charge in [0.1, 0.15) is 6.17 Å². The quantitative estimate of drug-likeness (QED) is 0.0147. The van der Waals surface area contributed by atoms with Crippen molar-refractivity contribution < 1.29 is 47.5 Å². The van der Waals surface area contributed by atoms with Gasteiger partial charge in [-0.15, -0.1) is 0 Å². The molecule has 1 unspecified atom stereocenters. The number of fused-ring (bicyclic) bond motifs is 4. The van der Waals surface area contributed by atoms with E-state index in [1.807, 2.05) is 121 Å². The summed E-state index contributed by atoms with van der Waals surface area (Å²) in [7, 11) is 5.87. The van der Waals surface area contributed by atoms with Crippen molar-refractivity contribution in [3.63, 3.8) is 0 Å². The maximum atomic E-state index is 13.8. The Morgan fingerprint density at radius 2 is 0.794 bits per heavy atom. The molecule has 7 fully saturated rings. The van der Waals surface area contributed by atoms with E-state index in [1.54, 1.807) is 74.6 Å². The Bertz CT molecular complexity index is 6200. The summed E-state index contributed by atoms with van der Waals surface area (Å²) >= 11 is 0. The van der Waals surface area contributed by atoms with Crippen LogP contribution < -0.4 is 63.4 Å². The Labute approximate surface area is 719 Å². The lowest BCUT2D eigenvalue weighted by Gasteiger charge is -2.33. The van der Waals surface area contributed by atoms with E-state index in [2.05, 4.69) is 133 Å². The molecule has 8 amide bonds. The Kier molecular flexibility index (Phi) is 26.1. The summed E-state index contributed by atoms with van der Waals surface area (Å²) in [6.45, 7) is 5.92. The van der Waals surface area contributed by atoms with Crippen LogP contribution in [0.3, 0.4) is 0 Å². The first-order valence-corrected chi connectivity index (χ1v) is 41.3. The highest BCUT2D eigenvalue weighted by Crippen LogP contribution is 2.32. The third-order valence-corrected chi connectivity index (χ3v) is 21.5. The zero-order chi connectivity index (χ0) is 87.2. The number of alkyl halides is 1. The molecule has 0 radical (unpaired) electrons. The number of hydrogen-bond acceptors (Lipinski definition) is 31. The zero-order valence-corrected chi connectivity index (χ0v) is 69.1. The number of anilines is 12. The second kappa shape index (κ2) is 38.9. The number of para-hydroxylation sites is 4. The Morgan fingerprint density at radius 3 is 1.14 bits per heavy atom. The molecule has 0 bridgehead atoms. The minimum absolute atomic E-state index is 0.0128. The van der Waals surface area contributed by atoms with Crippen molar-refractivity contribution in [2.45, 2.75) is 95.3 Å². The minimum atomic E-state index is -0.921. The van der Waals surface area contributed by atoms with E-state index in [-0.39, 0.29) is 73.7 Å². The molecule has 19 rings (SSSR count). The topological polar surface area (TPSA) is 460 Å². The number of hydrogen-bond donors (Lipinski definition) is 11. The number of likely N-dealkylation sites (tertiary alicyclic amines) is 1. The normalized spacial score (nSPS) is 18.9. The molecule has 40 heteroatoms. The number of carbonyl (C=O) groups excluding carboxylic acids is 8. The van der Waals surface area contributed by atoms with E-state index in [0.717, 1.165) is 67.9 Å². The summed E-state index contributed by atoms with van der Waals surface area (Å²) in [5.41, 5.74) is 9.43. The Morgan fingerprint density at radius 1 is 0.437 bits per heavy atom. The molecular weight excluding hydrogens is 1620 g/mol. The number of methoxy groups -OCH3 is 1. The molecule has 6 saturated heterocycles. The van der Waals surface area contributed by atoms with Gasteiger partial charge in [0.25, 0.3) is 23.6 Å². The number of nitrogens with one attached hydrogen (secondary N) is 11. The number of nitrogens with zero attached hydrogens (tertiary/aromatic N) is 19. The first kappa shape index (κ1) is 84.4. The number of aromatic nitrogens is 16. The molecule has 4 aromatic carbocycles. The van der Waals surface area contributed by atoms with Crippen LogP contribution in [0.25, 0.3) is 46.9 Å². The van der Waals surface area contributed by atoms with Crippen molar-refractivity contribution in [1.82, 2.24) is 109 Å². The molecule has 126 heavy (non-hydrogen) atoms. The van der Waals surface area contributed by atoms with Crippen LogP contribution in [-0.2, 0) is 43.1 Å². The van der Waals surface area contributed by atoms with Crippen LogP contribution in [0.4, 0.5) is 74.7 Å². The maximum Gasteiger partial charge on any atom is 0.254 e. The van der Waals surface area contributed by atoms with Gasteiger partial charge in [-0.05, 0) is 158 Å². The molecular formula is C86H91FN30O9. The molecule has 6 aliphatic heterocycles. The van der Waals surface area contributed by atoms with Crippen LogP contribution in [0.15, 0.2) is 168 Å². The standard InChI is InChI=1S/C24H28N8O2.C23H26N8O2.C20H18FN7O2.C19H19N7O3/c1-31(2)19-10-8-18(9-11-19)26-23-29-21-16(12-15-13-20(33)28-22(15)34)14-25-32(21)24(30-23)27-17-6-4-3-5-7-17;32-19-14-16(21(33)27-19)13-17-15-25-31-20(17)28-22(24-9-6-12-30-10-4-5-11-30)29-23(31)26-18-7-2-1-3-8-18;21-14-6-7-27(11-14)19-25-17-13(8-12-9-16(29)24-18(12)30)10-22-28(17)20(26-19)23-15-4-2-1-3-5-15;1-29-8-7-20-18-24-16-13(9-12-10-15(27)23-17(12)28)11-21-26(16)19(25-18)22-14-5-3-2-4-6-14/h3-7,12,14,18-19H,8-11,13H2,1-2H3,(H,28,33,34)(H2,26,27,29,30);1-3,7-8,13,15H,4-6,9-12,14H2,(H,27,32,33)(H2,24,26,28,29);1-5,8,10,14H,6-7,9,11H2,(H,23,25,26)(H,24,29,30);2-6,9,11H,7-8,10H2,1H3,(H,23,27,28)(H2,20,22,24,25)/b15-12+;16-13+;12-8+;12-9+. The fraction of sp³-hybridized carbons (Fsp3) is 0.302. The SMILES string of the molecule is CN(C)C1CCC(Nc2nc(Nc3ccccc3)n3ncc(/C=C4\CC(=O)NC4=O)c3n2)CC1.COCCNc1nc(Nc2ccccc2)n2ncc(/C=C3\CC(=O)NC3=O)c2n1.O=C1C/C(=C\c2cnn3c(Nc4ccccc4)nc(N4CCC(F)C4)nc23)C(=O)N1.O=C1C/C(=C\c2cnn3c(Nc4ccccc4)nc(NCCCN4CCCC4)nc23)C(=O)N1. The number of amides is 8. The van der Waals surface area contributed by atoms with Crippen LogP contribution in [0, 0.1) is 0 Å². The number of benzene rings is 4. The maximum absolute atomic E-state index is 13.8. The molecule has 7 aliphatic rings. The van der Waals surface area contributed by atoms with Crippen LogP contribution in [0.2, 0.25) is 0 Å². The monoisotopic (exact) mass is 1710 g/mol. The molecule has 0 spiro atoms. The summed E-state index contributed by atoms with van der Waals surface area (Å²) in [6, 6.07) is 39.4. The van der Waals surface area contributed by atoms with E-state index in [4.69, 9.17) is 14.7 Å². The van der Waals surface area contributed by atoms with Crippen LogP contribution in [0.5, 0.6) is 0 Å². The molecule has 14 heterocycles. The van der Waals surface area contributed by atoms with Crippen molar-refractivity contribution >= 4 is 164 Å². The summed E-state index contributed by atoms with van der Waals surface area (Å²) in [4.78, 5) is 138. The van der Waals surface area contributed by atoms with Gasteiger partial charge < -0.3 is 56.7 Å². The van der Waals surface area contributed by atoms with Crippen molar-refractivity contribution in [1.29, 1.82) is 0 Å². The number of ether oxygens (including phenoxy) is 1. The highest BCUT2D eigenvalue weighted by molar-refractivity contribution is 6.18. The van der Waals surface area contributed by atoms with E-state index >= 15 is 0 Å². The van der Waals surface area contributed by atoms with Crippen LogP contribution in [-0.4, -0.2) is 227 Å². The lowest BCUT2D eigenvalue weighted by molar-refractivity contribution is -0.125. The molecule has 1 aliphatic carbocycles. The average molecular weight is 1710 g/mol. The lowest BCUT2D eigenvalue weighted by Crippen LogP contribution is -2.36. The summed E-state index contributed by atoms with van der Waals surface area (Å²) in [5, 5.41) is 49.7. The number of imide groups is 4. The number of halogens is 1. The van der Waals surface area contributed by atoms with Gasteiger partial charge >= 0.3 is 0 Å². The second-order valence-electron chi connectivity index (χ2n) is 30.9. The smallest absolute Gasteiger partial charge is 0.254 e. The zero-order valence-electron chi connectivity index (χ0n) is 69.1. The average Bonchev–Trinajstić information content (AvgIpc) is 1.66. The van der Waals surface area contributed by atoms with Gasteiger partial charge in [-0.25, -0.2) is 4.39 Å². The third-order valence-electron chi connectivity index (χ3n) is 21.5. The van der Waals surface area contributed by atoms with Gasteiger partial charge in [0.05, 0.1) is 63.6 Å². The first-order chi connectivity index (χ1) is 61.3. The number of carbonyl (C=O) groups is 8. The van der Waals surface area contributed by atoms with Crippen molar-refractivity contribution in [3.8, 4) is 0 Å². The highest BCUT2D eigenvalue weighted by atomic mass is 19.1. The molecule has 1 atom stereocenters. The molecule has 11 N–H and O–H groups in total. The van der Waals surface area contributed by atoms with Crippen LogP contribution in [0.1, 0.15) is 99.3 Å². The van der Waals surface area contributed by atoms with Gasteiger partial charge in [-0.3, -0.25) is 59.6 Å². The molecule has 8 aromatic heterocycles. The van der Waals surface area contributed by atoms with Gasteiger partial charge in [-0.1, -0.05) is 72.8 Å². The van der Waals surface area contributed by atoms with Gasteiger partial charge in [0, 0.05) is 106 Å². The summed E-state index contributed by atoms with van der Waals surface area (Å²) in [6.07, 6.45) is 20.5. The predicted octanol–water partition coefficient (Wildman–Crippen LogP) is 7.98. The molecule has 1 saturated carbocycles. The third kappa shape index (κ3) is 20.8. The van der Waals surface area contributed by atoms with E-state index < -0.39 is 18.0 Å². The fourth-order valence-corrected chi connectivity index (χ4v) is 15.1. The van der Waals surface area contributed by atoms with Gasteiger partial charge in [0.15, 0.2) is 22.6 Å². The molecule has 646 valence electrons. The molecule has 39 nitrogen and oxygen atoms in total. The first-order valence-electron chi connectivity index (χ1n) is 41.3. The highest BCUT2D eigenvalue weighted by Gasteiger charge is 2.32. The van der Waals surface area contributed by atoms with Crippen molar-refractivity contribution in [2.75, 3.05) is 116 Å². The lowest BCUT2D eigenvalue weighted by atomic mass is 9.91. The van der Waals surface area contributed by atoms with Crippen molar-refractivity contribution in [2.24, 2.45) is 0 Å². The predicted molar refractivity (Wildman–Crippen MR) is 469 cm³/mol. The van der Waals surface area contributed by atoms with E-state index in [0.29, 0.717) is 147 Å². The van der Waals surface area contributed by atoms with E-state index in [1.165, 1.54) is 30.4 Å². The largest absolute Gasteiger partial charge is 0.383 e. The Balaban J connectivity index is 0.000000124. The van der Waals surface area contributed by atoms with Crippen LogP contribution >= 0.6 is 0 Å². The fourth-order valence-electron chi connectivity index (χ4n) is 15.1. The van der Waals surface area contributed by atoms with Gasteiger partial charge in [-0.2, -0.15) is 78.3 Å². The second-order valence-corrected chi connectivity index (χ2v) is 30.9. The number of rotatable bonds is 25. The van der Waals surface area contributed by atoms with Crippen molar-refractivity contribution in [3.05, 3.63) is 191 Å². The molecule has 12 aromatic rings. The minimum Gasteiger partial charge on any atom is -0.383 e. The Hall–Kier alpha value is -15.2. The van der Waals surface area contributed by atoms with Gasteiger partial charge in [0.2, 0.25) is 71.2 Å². The summed E-state index contributed by atoms with van der Waals surface area (Å²) in [5.74, 6) is 0.813.